The number of aliphatic hydroxyl groups is 3. The number of ether oxygens (including phenoxy) is 4. The van der Waals surface area contributed by atoms with Gasteiger partial charge in [-0.2, -0.15) is 0 Å². The molecule has 3 amide bonds. The number of hydrogen-bond acceptors (Lipinski definition) is 16. The predicted octanol–water partition coefficient (Wildman–Crippen LogP) is 2.79. The van der Waals surface area contributed by atoms with E-state index in [1.165, 1.54) is 6.42 Å². The highest BCUT2D eigenvalue weighted by Crippen LogP contribution is 2.57. The van der Waals surface area contributed by atoms with Crippen molar-refractivity contribution in [3.05, 3.63) is 0 Å². The molecule has 0 saturated heterocycles. The van der Waals surface area contributed by atoms with E-state index >= 15 is 0 Å². The molecule has 3 aliphatic carbocycles. The lowest BCUT2D eigenvalue weighted by atomic mass is 9.71. The van der Waals surface area contributed by atoms with Crippen molar-refractivity contribution in [3.8, 4) is 0 Å². The Labute approximate surface area is 413 Å². The van der Waals surface area contributed by atoms with Gasteiger partial charge in [-0.15, -0.1) is 0 Å². The number of amides is 3. The van der Waals surface area contributed by atoms with Crippen LogP contribution in [0.4, 0.5) is 0 Å². The predicted molar refractivity (Wildman–Crippen MR) is 264 cm³/mol. The fourth-order valence-corrected chi connectivity index (χ4v) is 8.86. The molecule has 3 aliphatic rings. The highest BCUT2D eigenvalue weighted by atomic mass is 16.5. The number of carbonyl (C=O) groups excluding carboxylic acids is 6. The van der Waals surface area contributed by atoms with Crippen LogP contribution < -0.4 is 31.9 Å². The van der Waals surface area contributed by atoms with Crippen molar-refractivity contribution in [2.75, 3.05) is 59.3 Å². The van der Waals surface area contributed by atoms with E-state index in [2.05, 4.69) is 38.8 Å². The van der Waals surface area contributed by atoms with E-state index in [9.17, 15) is 39.0 Å². The molecule has 402 valence electrons. The third-order valence-corrected chi connectivity index (χ3v) is 13.5. The van der Waals surface area contributed by atoms with Crippen molar-refractivity contribution < 1.29 is 63.0 Å². The number of nitrogens with one attached hydrogen (secondary N) is 6. The number of aliphatic hydroxyl groups excluding tert-OH is 3. The van der Waals surface area contributed by atoms with Crippen LogP contribution in [-0.2, 0) is 47.7 Å². The lowest BCUT2D eigenvalue weighted by Gasteiger charge is -2.38. The van der Waals surface area contributed by atoms with Gasteiger partial charge in [0.1, 0.15) is 12.1 Å². The summed E-state index contributed by atoms with van der Waals surface area (Å²) in [5.41, 5.74) is 0.125. The summed E-state index contributed by atoms with van der Waals surface area (Å²) in [4.78, 5) is 72.3. The van der Waals surface area contributed by atoms with Crippen LogP contribution in [0.25, 0.3) is 0 Å². The maximum atomic E-state index is 12.6. The summed E-state index contributed by atoms with van der Waals surface area (Å²) in [6, 6.07) is -1.47. The van der Waals surface area contributed by atoms with E-state index in [1.807, 2.05) is 41.5 Å². The Morgan fingerprint density at radius 3 is 1.68 bits per heavy atom. The third-order valence-electron chi connectivity index (χ3n) is 13.5. The van der Waals surface area contributed by atoms with E-state index < -0.39 is 24.1 Å². The standard InChI is InChI=1S/C20H36N2O4.C16H30N2O4.C14H28N2O5/c1-5-13(3)22-19(25)17(9-18(24)26-6-2)21-12-20(4)10-14-7-16(20)8-15(14)11-23;1-4-11(3)17-15(20)10-14(16(21)22-5-2)18-12-6-8-13(19)9-7-12;1-4-11(3)16-13(18)10-12(14(19)21-5-2)15-6-8-20-9-7-17/h13-17,21,23H,5-12H2,1-4H3,(H,22,25);11-14,18-19H,4-10H2,1-3H3,(H,17,20);11-12,15,17H,4-10H2,1-3H3,(H,16,18). The topological polar surface area (TPSA) is 272 Å². The lowest BCUT2D eigenvalue weighted by molar-refractivity contribution is -0.148. The minimum Gasteiger partial charge on any atom is -0.466 e. The van der Waals surface area contributed by atoms with Crippen LogP contribution >= 0.6 is 0 Å². The average molecular weight is 987 g/mol. The molecule has 3 rings (SSSR count). The van der Waals surface area contributed by atoms with Crippen LogP contribution in [0.1, 0.15) is 153 Å². The van der Waals surface area contributed by atoms with Crippen molar-refractivity contribution in [1.82, 2.24) is 31.9 Å². The molecule has 2 bridgehead atoms. The molecule has 10 atom stereocenters. The monoisotopic (exact) mass is 987 g/mol. The fraction of sp³-hybridized carbons (Fsp3) is 0.880. The molecular formula is C50H94N6O13. The summed E-state index contributed by atoms with van der Waals surface area (Å²) < 4.78 is 20.2. The van der Waals surface area contributed by atoms with Crippen molar-refractivity contribution >= 4 is 35.6 Å². The van der Waals surface area contributed by atoms with Gasteiger partial charge in [0.2, 0.25) is 17.7 Å². The van der Waals surface area contributed by atoms with Gasteiger partial charge in [0.25, 0.3) is 0 Å². The molecule has 10 unspecified atom stereocenters. The van der Waals surface area contributed by atoms with E-state index in [4.69, 9.17) is 24.1 Å². The second-order valence-corrected chi connectivity index (χ2v) is 19.2. The van der Waals surface area contributed by atoms with Crippen molar-refractivity contribution in [2.45, 2.75) is 201 Å². The normalized spacial score (nSPS) is 24.0. The number of carbonyl (C=O) groups is 6. The van der Waals surface area contributed by atoms with Gasteiger partial charge >= 0.3 is 17.9 Å². The second kappa shape index (κ2) is 35.6. The molecule has 0 spiro atoms. The Morgan fingerprint density at radius 1 is 0.652 bits per heavy atom. The van der Waals surface area contributed by atoms with Gasteiger partial charge in [-0.25, -0.2) is 0 Å². The molecule has 19 heteroatoms. The number of rotatable bonds is 30. The summed E-state index contributed by atoms with van der Waals surface area (Å²) in [6.07, 6.45) is 8.86. The Bertz CT molecular complexity index is 1490. The van der Waals surface area contributed by atoms with E-state index in [0.717, 1.165) is 57.8 Å². The van der Waals surface area contributed by atoms with Crippen molar-refractivity contribution in [3.63, 3.8) is 0 Å². The molecule has 3 saturated carbocycles. The summed E-state index contributed by atoms with van der Waals surface area (Å²) in [5, 5.41) is 45.8. The third kappa shape index (κ3) is 25.5. The number of fused-ring (bicyclic) bond motifs is 2. The zero-order valence-corrected chi connectivity index (χ0v) is 43.8. The van der Waals surface area contributed by atoms with Gasteiger partial charge in [0.15, 0.2) is 0 Å². The van der Waals surface area contributed by atoms with E-state index in [1.54, 1.807) is 20.8 Å². The summed E-state index contributed by atoms with van der Waals surface area (Å²) in [5.74, 6) is -0.0201. The lowest BCUT2D eigenvalue weighted by Crippen LogP contribution is -2.51. The molecular weight excluding hydrogens is 893 g/mol. The Kier molecular flexibility index (Phi) is 32.8. The first kappa shape index (κ1) is 63.6. The Balaban J connectivity index is 0.000000522. The maximum Gasteiger partial charge on any atom is 0.323 e. The molecule has 0 aromatic carbocycles. The molecule has 9 N–H and O–H groups in total. The van der Waals surface area contributed by atoms with Gasteiger partial charge < -0.3 is 66.2 Å². The van der Waals surface area contributed by atoms with Crippen LogP contribution in [0.2, 0.25) is 0 Å². The second-order valence-electron chi connectivity index (χ2n) is 19.2. The minimum atomic E-state index is -0.688. The SMILES string of the molecule is CCOC(=O)C(CC(=O)NC(C)CC)NC1CCC(O)CC1.CCOC(=O)C(CC(=O)NC(C)CC)NCCOCCO.CCOC(=O)CC(NCC1(C)CC2CC1CC2CO)C(=O)NC(C)CC. The van der Waals surface area contributed by atoms with Gasteiger partial charge in [0, 0.05) is 43.9 Å². The summed E-state index contributed by atoms with van der Waals surface area (Å²) in [6.45, 7) is 22.2. The smallest absolute Gasteiger partial charge is 0.323 e. The molecule has 0 radical (unpaired) electrons. The van der Waals surface area contributed by atoms with Crippen molar-refractivity contribution in [2.24, 2.45) is 23.2 Å². The van der Waals surface area contributed by atoms with Gasteiger partial charge in [-0.1, -0.05) is 27.7 Å². The van der Waals surface area contributed by atoms with Crippen LogP contribution in [0.3, 0.4) is 0 Å². The van der Waals surface area contributed by atoms with Gasteiger partial charge in [-0.05, 0) is 129 Å². The van der Waals surface area contributed by atoms with Crippen LogP contribution in [-0.4, -0.2) is 159 Å². The molecule has 3 fully saturated rings. The molecule has 69 heavy (non-hydrogen) atoms. The molecule has 19 nitrogen and oxygen atoms in total. The summed E-state index contributed by atoms with van der Waals surface area (Å²) >= 11 is 0. The van der Waals surface area contributed by atoms with Crippen LogP contribution in [0.5, 0.6) is 0 Å². The number of esters is 3. The molecule has 0 aromatic rings. The van der Waals surface area contributed by atoms with Gasteiger partial charge in [-0.3, -0.25) is 28.8 Å². The highest BCUT2D eigenvalue weighted by Gasteiger charge is 2.52. The number of hydrogen-bond donors (Lipinski definition) is 9. The minimum absolute atomic E-state index is 0.0309. The van der Waals surface area contributed by atoms with E-state index in [-0.39, 0.29) is 111 Å². The first-order chi connectivity index (χ1) is 32.8. The summed E-state index contributed by atoms with van der Waals surface area (Å²) in [7, 11) is 0. The fourth-order valence-electron chi connectivity index (χ4n) is 8.86. The van der Waals surface area contributed by atoms with Crippen molar-refractivity contribution in [1.29, 1.82) is 0 Å². The maximum absolute atomic E-state index is 12.6. The molecule has 0 aliphatic heterocycles. The average Bonchev–Trinajstić information content (AvgIpc) is 3.88. The molecule has 0 heterocycles. The Morgan fingerprint density at radius 2 is 1.19 bits per heavy atom. The highest BCUT2D eigenvalue weighted by molar-refractivity contribution is 5.87. The quantitative estimate of drug-likeness (QED) is 0.0285. The van der Waals surface area contributed by atoms with E-state index in [0.29, 0.717) is 50.7 Å². The van der Waals surface area contributed by atoms with Crippen LogP contribution in [0.15, 0.2) is 0 Å². The zero-order chi connectivity index (χ0) is 51.9. The Hall–Kier alpha value is -3.46. The zero-order valence-electron chi connectivity index (χ0n) is 43.8. The first-order valence-corrected chi connectivity index (χ1v) is 25.9. The molecule has 0 aromatic heterocycles. The first-order valence-electron chi connectivity index (χ1n) is 25.9. The largest absolute Gasteiger partial charge is 0.466 e. The van der Waals surface area contributed by atoms with Crippen LogP contribution in [0, 0.1) is 23.2 Å². The van der Waals surface area contributed by atoms with Gasteiger partial charge in [0.05, 0.1) is 71.0 Å².